The van der Waals surface area contributed by atoms with Crippen molar-refractivity contribution in [3.63, 3.8) is 0 Å². The number of rotatable bonds is 4. The van der Waals surface area contributed by atoms with Crippen molar-refractivity contribution in [1.29, 1.82) is 0 Å². The number of carbonyl (C=O) groups is 1. The smallest absolute Gasteiger partial charge is 0.426 e. The number of alkyl halides is 1. The quantitative estimate of drug-likeness (QED) is 0.595. The second kappa shape index (κ2) is 5.35. The molecule has 1 atom stereocenters. The molecule has 1 unspecified atom stereocenters. The van der Waals surface area contributed by atoms with Crippen LogP contribution in [0.25, 0.3) is 0 Å². The second-order valence-corrected chi connectivity index (χ2v) is 2.55. The van der Waals surface area contributed by atoms with Gasteiger partial charge >= 0.3 is 6.09 Å². The third-order valence-corrected chi connectivity index (χ3v) is 1.63. The first-order valence-electron chi connectivity index (χ1n) is 3.19. The SMILES string of the molecule is CCC(Cl)CCOC([NH])=O. The lowest BCUT2D eigenvalue weighted by Gasteiger charge is -2.04. The van der Waals surface area contributed by atoms with Crippen molar-refractivity contribution in [3.8, 4) is 0 Å². The van der Waals surface area contributed by atoms with Gasteiger partial charge in [0.1, 0.15) is 0 Å². The lowest BCUT2D eigenvalue weighted by molar-refractivity contribution is 0.153. The summed E-state index contributed by atoms with van der Waals surface area (Å²) in [6, 6.07) is 0. The average molecular weight is 165 g/mol. The maximum absolute atomic E-state index is 9.91. The molecule has 0 saturated heterocycles. The van der Waals surface area contributed by atoms with Gasteiger partial charge in [0.2, 0.25) is 0 Å². The van der Waals surface area contributed by atoms with E-state index in [1.165, 1.54) is 0 Å². The molecule has 0 aromatic heterocycles. The Morgan fingerprint density at radius 2 is 2.40 bits per heavy atom. The van der Waals surface area contributed by atoms with E-state index >= 15 is 0 Å². The van der Waals surface area contributed by atoms with E-state index in [1.54, 1.807) is 0 Å². The molecule has 0 saturated carbocycles. The highest BCUT2D eigenvalue weighted by Crippen LogP contribution is 2.05. The molecule has 0 spiro atoms. The van der Waals surface area contributed by atoms with Gasteiger partial charge in [-0.3, -0.25) is 0 Å². The van der Waals surface area contributed by atoms with Gasteiger partial charge in [0.05, 0.1) is 6.61 Å². The van der Waals surface area contributed by atoms with Crippen molar-refractivity contribution in [2.75, 3.05) is 6.61 Å². The minimum Gasteiger partial charge on any atom is -0.448 e. The molecule has 0 aliphatic rings. The molecule has 1 N–H and O–H groups in total. The van der Waals surface area contributed by atoms with E-state index in [2.05, 4.69) is 4.74 Å². The third kappa shape index (κ3) is 5.69. The van der Waals surface area contributed by atoms with E-state index in [4.69, 9.17) is 17.3 Å². The Kier molecular flexibility index (Phi) is 5.12. The normalized spacial score (nSPS) is 12.6. The van der Waals surface area contributed by atoms with Crippen LogP contribution in [0.5, 0.6) is 0 Å². The maximum Gasteiger partial charge on any atom is 0.426 e. The van der Waals surface area contributed by atoms with Crippen LogP contribution in [0, 0.1) is 0 Å². The fourth-order valence-corrected chi connectivity index (χ4v) is 0.573. The van der Waals surface area contributed by atoms with Crippen LogP contribution >= 0.6 is 11.6 Å². The summed E-state index contributed by atoms with van der Waals surface area (Å²) in [4.78, 5) is 9.91. The van der Waals surface area contributed by atoms with Gasteiger partial charge < -0.3 is 4.74 Å². The summed E-state index contributed by atoms with van der Waals surface area (Å²) in [6.07, 6.45) is 0.500. The molecule has 0 heterocycles. The molecule has 0 fully saturated rings. The lowest BCUT2D eigenvalue weighted by atomic mass is 10.2. The second-order valence-electron chi connectivity index (χ2n) is 1.93. The Hall–Kier alpha value is -0.440. The maximum atomic E-state index is 9.91. The molecule has 0 rings (SSSR count). The average Bonchev–Trinajstić information content (AvgIpc) is 1.87. The number of ether oxygens (including phenoxy) is 1. The molecule has 1 amide bonds. The van der Waals surface area contributed by atoms with Gasteiger partial charge in [-0.15, -0.1) is 11.6 Å². The number of halogens is 1. The molecular formula is C6H11ClNO2. The van der Waals surface area contributed by atoms with E-state index in [0.717, 1.165) is 6.42 Å². The Morgan fingerprint density at radius 1 is 1.80 bits per heavy atom. The molecule has 0 aliphatic heterocycles. The molecule has 59 valence electrons. The number of amides is 1. The van der Waals surface area contributed by atoms with Gasteiger partial charge in [0.15, 0.2) is 0 Å². The van der Waals surface area contributed by atoms with E-state index < -0.39 is 6.09 Å². The molecular weight excluding hydrogens is 154 g/mol. The summed E-state index contributed by atoms with van der Waals surface area (Å²) >= 11 is 5.70. The van der Waals surface area contributed by atoms with E-state index in [9.17, 15) is 4.79 Å². The van der Waals surface area contributed by atoms with E-state index in [1.807, 2.05) is 6.92 Å². The molecule has 4 heteroatoms. The van der Waals surface area contributed by atoms with Crippen molar-refractivity contribution >= 4 is 17.7 Å². The monoisotopic (exact) mass is 164 g/mol. The van der Waals surface area contributed by atoms with Crippen LogP contribution in [0.15, 0.2) is 0 Å². The van der Waals surface area contributed by atoms with Crippen LogP contribution < -0.4 is 5.73 Å². The zero-order valence-corrected chi connectivity index (χ0v) is 6.65. The first kappa shape index (κ1) is 9.56. The van der Waals surface area contributed by atoms with Gasteiger partial charge in [0.25, 0.3) is 0 Å². The van der Waals surface area contributed by atoms with Gasteiger partial charge in [-0.1, -0.05) is 6.92 Å². The first-order chi connectivity index (χ1) is 4.66. The number of nitrogens with one attached hydrogen (secondary N) is 1. The molecule has 3 nitrogen and oxygen atoms in total. The third-order valence-electron chi connectivity index (χ3n) is 1.11. The van der Waals surface area contributed by atoms with E-state index in [0.29, 0.717) is 6.42 Å². The molecule has 0 bridgehead atoms. The standard InChI is InChI=1S/C6H11ClNO2/c1-2-5(7)3-4-10-6(8)9/h5,8H,2-4H2,1H3. The fraction of sp³-hybridized carbons (Fsp3) is 0.833. The van der Waals surface area contributed by atoms with Crippen molar-refractivity contribution < 1.29 is 9.53 Å². The Labute approximate surface area is 65.5 Å². The summed E-state index contributed by atoms with van der Waals surface area (Å²) in [5.74, 6) is 0. The number of carbonyl (C=O) groups excluding carboxylic acids is 1. The lowest BCUT2D eigenvalue weighted by Crippen LogP contribution is -2.08. The van der Waals surface area contributed by atoms with Crippen LogP contribution in [0.3, 0.4) is 0 Å². The Morgan fingerprint density at radius 3 is 2.80 bits per heavy atom. The predicted octanol–water partition coefficient (Wildman–Crippen LogP) is 1.81. The highest BCUT2D eigenvalue weighted by Gasteiger charge is 2.01. The van der Waals surface area contributed by atoms with Crippen LogP contribution in [0.1, 0.15) is 19.8 Å². The van der Waals surface area contributed by atoms with Crippen molar-refractivity contribution in [2.45, 2.75) is 25.1 Å². The van der Waals surface area contributed by atoms with Crippen LogP contribution in [-0.2, 0) is 4.74 Å². The summed E-state index contributed by atoms with van der Waals surface area (Å²) in [5.41, 5.74) is 6.37. The highest BCUT2D eigenvalue weighted by molar-refractivity contribution is 6.20. The van der Waals surface area contributed by atoms with Gasteiger partial charge in [-0.25, -0.2) is 10.5 Å². The molecule has 0 aromatic carbocycles. The minimum atomic E-state index is -0.986. The largest absolute Gasteiger partial charge is 0.448 e. The highest BCUT2D eigenvalue weighted by atomic mass is 35.5. The Bertz CT molecular complexity index is 108. The topological polar surface area (TPSA) is 50.1 Å². The molecule has 10 heavy (non-hydrogen) atoms. The van der Waals surface area contributed by atoms with Crippen molar-refractivity contribution in [3.05, 3.63) is 0 Å². The zero-order valence-electron chi connectivity index (χ0n) is 5.89. The van der Waals surface area contributed by atoms with Crippen LogP contribution in [-0.4, -0.2) is 18.1 Å². The summed E-state index contributed by atoms with van der Waals surface area (Å²) < 4.78 is 4.36. The first-order valence-corrected chi connectivity index (χ1v) is 3.63. The molecule has 1 radical (unpaired) electrons. The van der Waals surface area contributed by atoms with Crippen LogP contribution in [0.4, 0.5) is 4.79 Å². The Balaban J connectivity index is 3.11. The van der Waals surface area contributed by atoms with E-state index in [-0.39, 0.29) is 12.0 Å². The predicted molar refractivity (Wildman–Crippen MR) is 39.0 cm³/mol. The minimum absolute atomic E-state index is 0.0550. The number of hydrogen-bond donors (Lipinski definition) is 0. The molecule has 0 aromatic rings. The van der Waals surface area contributed by atoms with Gasteiger partial charge in [0, 0.05) is 5.38 Å². The van der Waals surface area contributed by atoms with Crippen LogP contribution in [0.2, 0.25) is 0 Å². The van der Waals surface area contributed by atoms with Gasteiger partial charge in [-0.05, 0) is 12.8 Å². The fourth-order valence-electron chi connectivity index (χ4n) is 0.484. The number of hydrogen-bond acceptors (Lipinski definition) is 2. The summed E-state index contributed by atoms with van der Waals surface area (Å²) in [5, 5.41) is 0.0550. The summed E-state index contributed by atoms with van der Waals surface area (Å²) in [6.45, 7) is 2.21. The summed E-state index contributed by atoms with van der Waals surface area (Å²) in [7, 11) is 0. The van der Waals surface area contributed by atoms with Crippen molar-refractivity contribution in [2.24, 2.45) is 0 Å². The van der Waals surface area contributed by atoms with Crippen molar-refractivity contribution in [1.82, 2.24) is 5.73 Å². The molecule has 0 aliphatic carbocycles. The zero-order chi connectivity index (χ0) is 7.98. The van der Waals surface area contributed by atoms with Gasteiger partial charge in [-0.2, -0.15) is 0 Å².